The van der Waals surface area contributed by atoms with Crippen LogP contribution in [0.5, 0.6) is 0 Å². The third kappa shape index (κ3) is 9.67. The van der Waals surface area contributed by atoms with E-state index in [-0.39, 0.29) is 17.5 Å². The van der Waals surface area contributed by atoms with Gasteiger partial charge in [0.25, 0.3) is 0 Å². The minimum atomic E-state index is -5.08. The second-order valence-corrected chi connectivity index (χ2v) is 9.41. The Kier molecular flexibility index (Phi) is 10.9. The number of benzene rings is 3. The van der Waals surface area contributed by atoms with Crippen LogP contribution in [0.15, 0.2) is 85.6 Å². The zero-order chi connectivity index (χ0) is 34.2. The highest BCUT2D eigenvalue weighted by Crippen LogP contribution is 2.35. The zero-order valence-electron chi connectivity index (χ0n) is 24.0. The molecule has 1 aromatic heterocycles. The number of rotatable bonds is 8. The SMILES string of the molecule is C=CC(=O)Nc1ccc(F)c(Nc2nc(Nc3ccc(N(C)C)cc3)ncc2-c2ccc(C(F)(F)F)cc2)c1.O=C(O)C(F)(F)F. The third-order valence-corrected chi connectivity index (χ3v) is 5.87. The molecule has 4 aromatic rings. The van der Waals surface area contributed by atoms with Crippen LogP contribution in [0.2, 0.25) is 0 Å². The van der Waals surface area contributed by atoms with E-state index in [9.17, 15) is 35.5 Å². The fourth-order valence-corrected chi connectivity index (χ4v) is 3.58. The van der Waals surface area contributed by atoms with Crippen molar-refractivity contribution in [2.24, 2.45) is 0 Å². The Labute approximate surface area is 257 Å². The van der Waals surface area contributed by atoms with Crippen molar-refractivity contribution in [1.82, 2.24) is 9.97 Å². The Bertz CT molecular complexity index is 1690. The molecule has 0 fully saturated rings. The van der Waals surface area contributed by atoms with E-state index < -0.39 is 35.6 Å². The number of alkyl halides is 6. The predicted molar refractivity (Wildman–Crippen MR) is 159 cm³/mol. The second-order valence-electron chi connectivity index (χ2n) is 9.41. The van der Waals surface area contributed by atoms with E-state index in [2.05, 4.69) is 32.5 Å². The third-order valence-electron chi connectivity index (χ3n) is 5.87. The first-order valence-electron chi connectivity index (χ1n) is 12.9. The summed E-state index contributed by atoms with van der Waals surface area (Å²) in [5.74, 6) is -3.58. The highest BCUT2D eigenvalue weighted by molar-refractivity contribution is 5.99. The lowest BCUT2D eigenvalue weighted by molar-refractivity contribution is -0.192. The molecule has 16 heteroatoms. The summed E-state index contributed by atoms with van der Waals surface area (Å²) < 4.78 is 85.8. The van der Waals surface area contributed by atoms with E-state index in [1.165, 1.54) is 30.5 Å². The van der Waals surface area contributed by atoms with Crippen LogP contribution in [-0.2, 0) is 15.8 Å². The van der Waals surface area contributed by atoms with E-state index >= 15 is 0 Å². The maximum absolute atomic E-state index is 14.8. The molecule has 0 spiro atoms. The van der Waals surface area contributed by atoms with Gasteiger partial charge < -0.3 is 26.0 Å². The molecule has 0 aliphatic carbocycles. The van der Waals surface area contributed by atoms with Crippen molar-refractivity contribution in [2.45, 2.75) is 12.4 Å². The first-order chi connectivity index (χ1) is 21.5. The van der Waals surface area contributed by atoms with Crippen LogP contribution >= 0.6 is 0 Å². The molecule has 0 unspecified atom stereocenters. The number of nitrogens with one attached hydrogen (secondary N) is 3. The number of hydrogen-bond acceptors (Lipinski definition) is 7. The van der Waals surface area contributed by atoms with Gasteiger partial charge >= 0.3 is 18.3 Å². The number of anilines is 6. The van der Waals surface area contributed by atoms with Crippen molar-refractivity contribution in [1.29, 1.82) is 0 Å². The fraction of sp³-hybridized carbons (Fsp3) is 0.133. The number of nitrogens with zero attached hydrogens (tertiary/aromatic N) is 3. The monoisotopic (exact) mass is 650 g/mol. The van der Waals surface area contributed by atoms with Crippen LogP contribution in [-0.4, -0.2) is 47.2 Å². The second kappa shape index (κ2) is 14.4. The van der Waals surface area contributed by atoms with Gasteiger partial charge in [-0.3, -0.25) is 4.79 Å². The number of carbonyl (C=O) groups excluding carboxylic acids is 1. The van der Waals surface area contributed by atoms with Gasteiger partial charge in [-0.25, -0.2) is 14.2 Å². The summed E-state index contributed by atoms with van der Waals surface area (Å²) in [7, 11) is 3.83. The van der Waals surface area contributed by atoms with Gasteiger partial charge in [0.2, 0.25) is 11.9 Å². The topological polar surface area (TPSA) is 119 Å². The van der Waals surface area contributed by atoms with Crippen LogP contribution in [0.1, 0.15) is 5.56 Å². The van der Waals surface area contributed by atoms with Crippen molar-refractivity contribution < 1.29 is 45.4 Å². The lowest BCUT2D eigenvalue weighted by Crippen LogP contribution is -2.21. The zero-order valence-corrected chi connectivity index (χ0v) is 24.0. The smallest absolute Gasteiger partial charge is 0.475 e. The van der Waals surface area contributed by atoms with Crippen molar-refractivity contribution in [3.63, 3.8) is 0 Å². The molecule has 46 heavy (non-hydrogen) atoms. The molecule has 0 bridgehead atoms. The number of carbonyl (C=O) groups is 2. The first kappa shape index (κ1) is 34.8. The molecule has 1 amide bonds. The lowest BCUT2D eigenvalue weighted by Gasteiger charge is -2.16. The number of hydrogen-bond donors (Lipinski definition) is 4. The van der Waals surface area contributed by atoms with Gasteiger partial charge in [0.15, 0.2) is 0 Å². The summed E-state index contributed by atoms with van der Waals surface area (Å²) in [5.41, 5.74) is 1.85. The normalized spacial score (nSPS) is 11.1. The lowest BCUT2D eigenvalue weighted by atomic mass is 10.1. The number of amides is 1. The summed E-state index contributed by atoms with van der Waals surface area (Å²) >= 11 is 0. The van der Waals surface area contributed by atoms with E-state index in [0.717, 1.165) is 30.0 Å². The molecular weight excluding hydrogens is 625 g/mol. The van der Waals surface area contributed by atoms with Gasteiger partial charge in [-0.2, -0.15) is 31.3 Å². The minimum absolute atomic E-state index is 0.0231. The van der Waals surface area contributed by atoms with Crippen molar-refractivity contribution >= 4 is 46.4 Å². The summed E-state index contributed by atoms with van der Waals surface area (Å²) in [4.78, 5) is 31.3. The van der Waals surface area contributed by atoms with E-state index in [1.807, 2.05) is 43.3 Å². The fourth-order valence-electron chi connectivity index (χ4n) is 3.58. The summed E-state index contributed by atoms with van der Waals surface area (Å²) in [6.45, 7) is 3.39. The highest BCUT2D eigenvalue weighted by atomic mass is 19.4. The van der Waals surface area contributed by atoms with Crippen LogP contribution in [0.3, 0.4) is 0 Å². The Morgan fingerprint density at radius 1 is 0.891 bits per heavy atom. The summed E-state index contributed by atoms with van der Waals surface area (Å²) in [6, 6.07) is 15.8. The molecule has 0 radical (unpaired) electrons. The van der Waals surface area contributed by atoms with Crippen LogP contribution in [0, 0.1) is 5.82 Å². The number of carboxylic acid groups (broad SMARTS) is 1. The Morgan fingerprint density at radius 3 is 2.00 bits per heavy atom. The van der Waals surface area contributed by atoms with Gasteiger partial charge in [0.1, 0.15) is 11.6 Å². The van der Waals surface area contributed by atoms with Crippen molar-refractivity contribution in [2.75, 3.05) is 34.9 Å². The number of halogens is 7. The van der Waals surface area contributed by atoms with Crippen molar-refractivity contribution in [3.05, 3.63) is 97.0 Å². The largest absolute Gasteiger partial charge is 0.490 e. The Hall–Kier alpha value is -5.67. The van der Waals surface area contributed by atoms with Gasteiger partial charge in [-0.15, -0.1) is 0 Å². The molecule has 0 aliphatic rings. The maximum Gasteiger partial charge on any atom is 0.490 e. The number of carboxylic acids is 1. The molecule has 4 N–H and O–H groups in total. The maximum atomic E-state index is 14.8. The van der Waals surface area contributed by atoms with Crippen LogP contribution in [0.25, 0.3) is 11.1 Å². The minimum Gasteiger partial charge on any atom is -0.475 e. The standard InChI is InChI=1S/C28H24F4N6O.C2HF3O2/c1-4-25(39)34-20-11-14-23(29)24(15-20)36-26-22(17-5-7-18(8-6-17)28(30,31)32)16-33-27(37-26)35-19-9-12-21(13-10-19)38(2)3;3-2(4,5)1(6)7/h4-16H,1H2,2-3H3,(H,34,39)(H2,33,35,36,37);(H,6,7). The highest BCUT2D eigenvalue weighted by Gasteiger charge is 2.38. The van der Waals surface area contributed by atoms with Crippen LogP contribution < -0.4 is 20.9 Å². The molecular formula is C30H25F7N6O3. The van der Waals surface area contributed by atoms with Gasteiger partial charge in [0.05, 0.1) is 11.3 Å². The first-order valence-corrected chi connectivity index (χ1v) is 12.9. The Balaban J connectivity index is 0.000000738. The molecule has 0 saturated carbocycles. The molecule has 3 aromatic carbocycles. The molecule has 0 saturated heterocycles. The van der Waals surface area contributed by atoms with E-state index in [4.69, 9.17) is 9.90 Å². The van der Waals surface area contributed by atoms with Gasteiger partial charge in [-0.1, -0.05) is 18.7 Å². The molecule has 242 valence electrons. The molecule has 1 heterocycles. The average Bonchev–Trinajstić information content (AvgIpc) is 2.98. The van der Waals surface area contributed by atoms with Gasteiger partial charge in [-0.05, 0) is 66.2 Å². The molecule has 4 rings (SSSR count). The van der Waals surface area contributed by atoms with Crippen molar-refractivity contribution in [3.8, 4) is 11.1 Å². The summed E-state index contributed by atoms with van der Waals surface area (Å²) in [5, 5.41) is 15.6. The number of aliphatic carboxylic acids is 1. The predicted octanol–water partition coefficient (Wildman–Crippen LogP) is 7.61. The van der Waals surface area contributed by atoms with E-state index in [0.29, 0.717) is 22.5 Å². The molecule has 0 aliphatic heterocycles. The molecule has 9 nitrogen and oxygen atoms in total. The quantitative estimate of drug-likeness (QED) is 0.114. The van der Waals surface area contributed by atoms with Gasteiger partial charge in [0, 0.05) is 42.9 Å². The Morgan fingerprint density at radius 2 is 1.48 bits per heavy atom. The van der Waals surface area contributed by atoms with Crippen LogP contribution in [0.4, 0.5) is 65.2 Å². The molecule has 0 atom stereocenters. The summed E-state index contributed by atoms with van der Waals surface area (Å²) in [6.07, 6.45) is -7.08. The number of aromatic nitrogens is 2. The average molecular weight is 651 g/mol. The van der Waals surface area contributed by atoms with E-state index in [1.54, 1.807) is 0 Å².